The van der Waals surface area contributed by atoms with Crippen molar-refractivity contribution in [3.8, 4) is 0 Å². The number of nitrogens with zero attached hydrogens (tertiary/aromatic N) is 3. The maximum Gasteiger partial charge on any atom is 0.271 e. The Bertz CT molecular complexity index is 381. The normalized spacial score (nSPS) is 23.9. The minimum atomic E-state index is 0.0282. The fourth-order valence-electron chi connectivity index (χ4n) is 2.17. The van der Waals surface area contributed by atoms with Gasteiger partial charge in [0.05, 0.1) is 12.5 Å². The Hall–Kier alpha value is -1.36. The molecule has 0 spiro atoms. The summed E-state index contributed by atoms with van der Waals surface area (Å²) in [7, 11) is 3.66. The van der Waals surface area contributed by atoms with Crippen LogP contribution in [-0.2, 0) is 7.05 Å². The molecule has 1 amide bonds. The lowest BCUT2D eigenvalue weighted by Gasteiger charge is -2.35. The summed E-state index contributed by atoms with van der Waals surface area (Å²) in [5.74, 6) is 0.595. The average Bonchev–Trinajstić information content (AvgIpc) is 2.61. The van der Waals surface area contributed by atoms with Crippen molar-refractivity contribution in [3.05, 3.63) is 18.2 Å². The van der Waals surface area contributed by atoms with E-state index in [0.29, 0.717) is 17.7 Å². The summed E-state index contributed by atoms with van der Waals surface area (Å²) < 4.78 is 1.74. The second-order valence-electron chi connectivity index (χ2n) is 4.67. The van der Waals surface area contributed by atoms with Gasteiger partial charge in [-0.05, 0) is 18.8 Å². The zero-order chi connectivity index (χ0) is 11.7. The lowest BCUT2D eigenvalue weighted by atomic mass is 9.80. The van der Waals surface area contributed by atoms with E-state index < -0.39 is 0 Å². The summed E-state index contributed by atoms with van der Waals surface area (Å²) in [4.78, 5) is 17.7. The summed E-state index contributed by atoms with van der Waals surface area (Å²) in [6.07, 6.45) is 5.30. The molecular formula is C11H18N4O. The fourth-order valence-corrected chi connectivity index (χ4v) is 2.17. The number of imidazole rings is 1. The molecule has 1 fully saturated rings. The van der Waals surface area contributed by atoms with Crippen molar-refractivity contribution in [2.45, 2.75) is 18.9 Å². The Morgan fingerprint density at radius 2 is 2.38 bits per heavy atom. The molecule has 1 aromatic rings. The number of carbonyl (C=O) groups is 1. The van der Waals surface area contributed by atoms with Gasteiger partial charge in [-0.15, -0.1) is 0 Å². The van der Waals surface area contributed by atoms with Gasteiger partial charge in [-0.1, -0.05) is 0 Å². The molecule has 0 aromatic carbocycles. The van der Waals surface area contributed by atoms with E-state index in [2.05, 4.69) is 4.98 Å². The first kappa shape index (κ1) is 11.1. The largest absolute Gasteiger partial charge is 0.340 e. The molecule has 0 atom stereocenters. The molecule has 0 aliphatic heterocycles. The van der Waals surface area contributed by atoms with Gasteiger partial charge < -0.3 is 15.2 Å². The van der Waals surface area contributed by atoms with Crippen molar-refractivity contribution in [2.24, 2.45) is 18.7 Å². The Labute approximate surface area is 95.2 Å². The third-order valence-corrected chi connectivity index (χ3v) is 3.19. The first-order valence-corrected chi connectivity index (χ1v) is 5.55. The van der Waals surface area contributed by atoms with Crippen LogP contribution in [0.1, 0.15) is 23.3 Å². The second-order valence-corrected chi connectivity index (χ2v) is 4.67. The van der Waals surface area contributed by atoms with Crippen molar-refractivity contribution in [1.29, 1.82) is 0 Å². The van der Waals surface area contributed by atoms with E-state index in [-0.39, 0.29) is 5.91 Å². The lowest BCUT2D eigenvalue weighted by Crippen LogP contribution is -2.43. The van der Waals surface area contributed by atoms with E-state index in [0.717, 1.165) is 19.4 Å². The Kier molecular flexibility index (Phi) is 2.96. The van der Waals surface area contributed by atoms with Crippen LogP contribution in [0.5, 0.6) is 0 Å². The molecule has 0 saturated heterocycles. The number of aromatic nitrogens is 2. The van der Waals surface area contributed by atoms with Crippen LogP contribution < -0.4 is 5.73 Å². The van der Waals surface area contributed by atoms with Crippen LogP contribution in [0, 0.1) is 5.92 Å². The van der Waals surface area contributed by atoms with Gasteiger partial charge in [0.15, 0.2) is 0 Å². The molecule has 88 valence electrons. The van der Waals surface area contributed by atoms with E-state index >= 15 is 0 Å². The summed E-state index contributed by atoms with van der Waals surface area (Å²) in [6.45, 7) is 0.789. The smallest absolute Gasteiger partial charge is 0.271 e. The average molecular weight is 222 g/mol. The summed E-state index contributed by atoms with van der Waals surface area (Å²) in [5.41, 5.74) is 6.35. The first-order chi connectivity index (χ1) is 7.58. The summed E-state index contributed by atoms with van der Waals surface area (Å²) in [6, 6.07) is 0.338. The van der Waals surface area contributed by atoms with Crippen LogP contribution in [0.25, 0.3) is 0 Å². The number of carbonyl (C=O) groups excluding carboxylic acids is 1. The number of aryl methyl sites for hydroxylation is 1. The highest BCUT2D eigenvalue weighted by atomic mass is 16.2. The van der Waals surface area contributed by atoms with Crippen molar-refractivity contribution >= 4 is 5.91 Å². The minimum absolute atomic E-state index is 0.0282. The molecule has 0 unspecified atom stereocenters. The van der Waals surface area contributed by atoms with Gasteiger partial charge in [0.25, 0.3) is 5.91 Å². The maximum absolute atomic E-state index is 12.0. The predicted octanol–water partition coefficient (Wildman–Crippen LogP) is 0.229. The quantitative estimate of drug-likeness (QED) is 0.796. The second kappa shape index (κ2) is 4.25. The molecule has 0 radical (unpaired) electrons. The minimum Gasteiger partial charge on any atom is -0.340 e. The van der Waals surface area contributed by atoms with E-state index in [1.807, 2.05) is 14.1 Å². The number of hydrogen-bond donors (Lipinski definition) is 1. The van der Waals surface area contributed by atoms with Crippen molar-refractivity contribution in [2.75, 3.05) is 13.6 Å². The van der Waals surface area contributed by atoms with Gasteiger partial charge in [-0.3, -0.25) is 4.79 Å². The highest BCUT2D eigenvalue weighted by Gasteiger charge is 2.28. The van der Waals surface area contributed by atoms with E-state index in [1.165, 1.54) is 0 Å². The molecule has 1 aliphatic rings. The Morgan fingerprint density at radius 1 is 1.69 bits per heavy atom. The molecule has 2 N–H and O–H groups in total. The Morgan fingerprint density at radius 3 is 2.88 bits per heavy atom. The van der Waals surface area contributed by atoms with Gasteiger partial charge in [0, 0.05) is 26.7 Å². The summed E-state index contributed by atoms with van der Waals surface area (Å²) >= 11 is 0. The maximum atomic E-state index is 12.0. The predicted molar refractivity (Wildman–Crippen MR) is 60.9 cm³/mol. The zero-order valence-corrected chi connectivity index (χ0v) is 9.76. The van der Waals surface area contributed by atoms with Crippen LogP contribution in [0.15, 0.2) is 12.5 Å². The highest BCUT2D eigenvalue weighted by Crippen LogP contribution is 2.26. The first-order valence-electron chi connectivity index (χ1n) is 5.55. The molecule has 1 aliphatic carbocycles. The van der Waals surface area contributed by atoms with E-state index in [9.17, 15) is 4.79 Å². The molecular weight excluding hydrogens is 204 g/mol. The monoisotopic (exact) mass is 222 g/mol. The molecule has 0 bridgehead atoms. The van der Waals surface area contributed by atoms with Gasteiger partial charge >= 0.3 is 0 Å². The fraction of sp³-hybridized carbons (Fsp3) is 0.636. The van der Waals surface area contributed by atoms with E-state index in [1.54, 1.807) is 22.0 Å². The van der Waals surface area contributed by atoms with Crippen LogP contribution in [0.2, 0.25) is 0 Å². The molecule has 5 heteroatoms. The van der Waals surface area contributed by atoms with Crippen LogP contribution in [0.4, 0.5) is 0 Å². The number of amides is 1. The van der Waals surface area contributed by atoms with Crippen molar-refractivity contribution < 1.29 is 4.79 Å². The van der Waals surface area contributed by atoms with Crippen molar-refractivity contribution in [3.63, 3.8) is 0 Å². The number of rotatable bonds is 3. The van der Waals surface area contributed by atoms with Gasteiger partial charge in [0.2, 0.25) is 0 Å². The highest BCUT2D eigenvalue weighted by molar-refractivity contribution is 5.92. The van der Waals surface area contributed by atoms with Gasteiger partial charge in [-0.25, -0.2) is 4.98 Å². The van der Waals surface area contributed by atoms with Gasteiger partial charge in [0.1, 0.15) is 5.69 Å². The topological polar surface area (TPSA) is 64.2 Å². The lowest BCUT2D eigenvalue weighted by molar-refractivity contribution is 0.0724. The SMILES string of the molecule is CN(CC1CC(N)C1)C(=O)c1cncn1C. The van der Waals surface area contributed by atoms with Gasteiger partial charge in [-0.2, -0.15) is 0 Å². The van der Waals surface area contributed by atoms with E-state index in [4.69, 9.17) is 5.73 Å². The van der Waals surface area contributed by atoms with Crippen molar-refractivity contribution in [1.82, 2.24) is 14.5 Å². The van der Waals surface area contributed by atoms with Crippen LogP contribution >= 0.6 is 0 Å². The third-order valence-electron chi connectivity index (χ3n) is 3.19. The molecule has 1 aromatic heterocycles. The Balaban J connectivity index is 1.92. The number of nitrogens with two attached hydrogens (primary N) is 1. The molecule has 5 nitrogen and oxygen atoms in total. The standard InChI is InChI=1S/C11H18N4O/c1-14(6-8-3-9(12)4-8)11(16)10-5-13-7-15(10)2/h5,7-9H,3-4,6,12H2,1-2H3. The summed E-state index contributed by atoms with van der Waals surface area (Å²) in [5, 5.41) is 0. The molecule has 1 saturated carbocycles. The molecule has 1 heterocycles. The molecule has 16 heavy (non-hydrogen) atoms. The van der Waals surface area contributed by atoms with Crippen LogP contribution in [-0.4, -0.2) is 40.0 Å². The third kappa shape index (κ3) is 2.09. The zero-order valence-electron chi connectivity index (χ0n) is 9.76. The number of hydrogen-bond acceptors (Lipinski definition) is 3. The molecule has 2 rings (SSSR count). The van der Waals surface area contributed by atoms with Crippen LogP contribution in [0.3, 0.4) is 0 Å².